The van der Waals surface area contributed by atoms with Gasteiger partial charge in [-0.15, -0.1) is 0 Å². The highest BCUT2D eigenvalue weighted by Gasteiger charge is 1.90. The van der Waals surface area contributed by atoms with Crippen LogP contribution < -0.4 is 0 Å². The number of hydrogen-bond acceptors (Lipinski definition) is 1. The van der Waals surface area contributed by atoms with Crippen molar-refractivity contribution in [3.63, 3.8) is 0 Å². The van der Waals surface area contributed by atoms with Gasteiger partial charge in [0.1, 0.15) is 5.78 Å². The van der Waals surface area contributed by atoms with Crippen LogP contribution in [-0.4, -0.2) is 5.78 Å². The quantitative estimate of drug-likeness (QED) is 0.484. The fraction of sp³-hybridized carbons (Fsp3) is 0.500. The predicted octanol–water partition coefficient (Wildman–Crippen LogP) is 5.00. The first-order valence-corrected chi connectivity index (χ1v) is 6.86. The van der Waals surface area contributed by atoms with Gasteiger partial charge in [-0.1, -0.05) is 41.2 Å². The van der Waals surface area contributed by atoms with E-state index in [4.69, 9.17) is 0 Å². The Balaban J connectivity index is 4.14. The maximum absolute atomic E-state index is 10.8. The second-order valence-corrected chi connectivity index (χ2v) is 5.17. The first kappa shape index (κ1) is 17.4. The molecular formula is C18H26O. The van der Waals surface area contributed by atoms with Gasteiger partial charge in [0.15, 0.2) is 0 Å². The summed E-state index contributed by atoms with van der Waals surface area (Å²) in [7, 11) is 0. The van der Waals surface area contributed by atoms with Crippen LogP contribution in [0.2, 0.25) is 0 Å². The van der Waals surface area contributed by atoms with Crippen molar-refractivity contribution in [2.75, 3.05) is 0 Å². The smallest absolute Gasteiger partial charge is 0.130 e. The van der Waals surface area contributed by atoms with Gasteiger partial charge in [0.05, 0.1) is 0 Å². The Bertz CT molecular complexity index is 432. The van der Waals surface area contributed by atoms with E-state index in [-0.39, 0.29) is 5.78 Å². The summed E-state index contributed by atoms with van der Waals surface area (Å²) in [6, 6.07) is 0. The van der Waals surface area contributed by atoms with Gasteiger partial charge < -0.3 is 4.79 Å². The average molecular weight is 258 g/mol. The molecule has 1 nitrogen and oxygen atoms in total. The summed E-state index contributed by atoms with van der Waals surface area (Å²) in [5.41, 5.74) is 3.71. The molecule has 0 heterocycles. The molecule has 0 bridgehead atoms. The maximum Gasteiger partial charge on any atom is 0.130 e. The molecule has 0 radical (unpaired) electrons. The molecule has 0 aromatic heterocycles. The lowest BCUT2D eigenvalue weighted by atomic mass is 10.1. The molecule has 0 aliphatic heterocycles. The number of carbonyl (C=O) groups is 1. The zero-order chi connectivity index (χ0) is 14.7. The monoisotopic (exact) mass is 258 g/mol. The Kier molecular flexibility index (Phi) is 9.53. The highest BCUT2D eigenvalue weighted by molar-refractivity contribution is 5.75. The third-order valence-electron chi connectivity index (χ3n) is 2.59. The van der Waals surface area contributed by atoms with Crippen molar-refractivity contribution in [2.45, 2.75) is 60.3 Å². The standard InChI is InChI=1S/C18H26O/c1-15(2)9-6-10-16(3)11-7-12-17(4)13-8-14-18(5)19/h9-10,13H,6,8,11,14H2,1-5H3/b16-10+,17-13+. The van der Waals surface area contributed by atoms with Crippen molar-refractivity contribution in [2.24, 2.45) is 0 Å². The van der Waals surface area contributed by atoms with E-state index in [1.165, 1.54) is 11.1 Å². The molecule has 0 rings (SSSR count). The summed E-state index contributed by atoms with van der Waals surface area (Å²) in [5.74, 6) is 6.53. The van der Waals surface area contributed by atoms with E-state index in [1.807, 2.05) is 13.0 Å². The Morgan fingerprint density at radius 3 is 2.26 bits per heavy atom. The summed E-state index contributed by atoms with van der Waals surface area (Å²) >= 11 is 0. The van der Waals surface area contributed by atoms with Crippen molar-refractivity contribution in [1.29, 1.82) is 0 Å². The number of ketones is 1. The van der Waals surface area contributed by atoms with E-state index < -0.39 is 0 Å². The van der Waals surface area contributed by atoms with E-state index in [0.29, 0.717) is 6.42 Å². The molecule has 0 saturated heterocycles. The number of hydrogen-bond donors (Lipinski definition) is 0. The molecule has 0 unspecified atom stereocenters. The van der Waals surface area contributed by atoms with Crippen LogP contribution in [0.3, 0.4) is 0 Å². The van der Waals surface area contributed by atoms with Gasteiger partial charge in [-0.25, -0.2) is 0 Å². The normalized spacial score (nSPS) is 11.6. The zero-order valence-electron chi connectivity index (χ0n) is 13.0. The molecule has 0 saturated carbocycles. The summed E-state index contributed by atoms with van der Waals surface area (Å²) in [5, 5.41) is 0. The van der Waals surface area contributed by atoms with Crippen LogP contribution in [0.25, 0.3) is 0 Å². The summed E-state index contributed by atoms with van der Waals surface area (Å²) in [4.78, 5) is 10.8. The molecule has 0 amide bonds. The van der Waals surface area contributed by atoms with Crippen molar-refractivity contribution in [3.8, 4) is 11.8 Å². The van der Waals surface area contributed by atoms with Gasteiger partial charge in [0.2, 0.25) is 0 Å². The van der Waals surface area contributed by atoms with Crippen molar-refractivity contribution in [3.05, 3.63) is 34.9 Å². The van der Waals surface area contributed by atoms with Crippen LogP contribution in [0.1, 0.15) is 60.3 Å². The second kappa shape index (κ2) is 10.4. The first-order chi connectivity index (χ1) is 8.91. The zero-order valence-corrected chi connectivity index (χ0v) is 13.0. The first-order valence-electron chi connectivity index (χ1n) is 6.86. The van der Waals surface area contributed by atoms with Crippen LogP contribution >= 0.6 is 0 Å². The van der Waals surface area contributed by atoms with E-state index in [9.17, 15) is 4.79 Å². The van der Waals surface area contributed by atoms with E-state index in [1.54, 1.807) is 6.92 Å². The van der Waals surface area contributed by atoms with Gasteiger partial charge in [-0.3, -0.25) is 0 Å². The van der Waals surface area contributed by atoms with Crippen molar-refractivity contribution in [1.82, 2.24) is 0 Å². The maximum atomic E-state index is 10.8. The predicted molar refractivity (Wildman–Crippen MR) is 83.9 cm³/mol. The second-order valence-electron chi connectivity index (χ2n) is 5.17. The number of rotatable bonds is 6. The highest BCUT2D eigenvalue weighted by Crippen LogP contribution is 2.03. The van der Waals surface area contributed by atoms with Crippen molar-refractivity contribution < 1.29 is 4.79 Å². The van der Waals surface area contributed by atoms with Crippen molar-refractivity contribution >= 4 is 5.78 Å². The molecule has 19 heavy (non-hydrogen) atoms. The minimum atomic E-state index is 0.232. The molecule has 1 heteroatoms. The Hall–Kier alpha value is -1.55. The molecular weight excluding hydrogens is 232 g/mol. The Labute approximate surface area is 118 Å². The highest BCUT2D eigenvalue weighted by atomic mass is 16.1. The van der Waals surface area contributed by atoms with E-state index >= 15 is 0 Å². The topological polar surface area (TPSA) is 17.1 Å². The lowest BCUT2D eigenvalue weighted by Gasteiger charge is -1.93. The largest absolute Gasteiger partial charge is 0.300 e. The molecule has 0 atom stereocenters. The van der Waals surface area contributed by atoms with Crippen LogP contribution in [0, 0.1) is 11.8 Å². The molecule has 0 aromatic carbocycles. The molecule has 0 aliphatic rings. The molecule has 0 N–H and O–H groups in total. The number of Topliss-reactive ketones (excluding diaryl/α,β-unsaturated/α-hetero) is 1. The SMILES string of the molecule is CC(=O)CC/C=C(\C)C#CC/C(C)=C/CC=C(C)C. The van der Waals surface area contributed by atoms with Gasteiger partial charge in [-0.05, 0) is 53.0 Å². The van der Waals surface area contributed by atoms with Crippen LogP contribution in [0.4, 0.5) is 0 Å². The number of carbonyl (C=O) groups excluding carboxylic acids is 1. The van der Waals surface area contributed by atoms with Gasteiger partial charge in [0, 0.05) is 12.8 Å². The van der Waals surface area contributed by atoms with Crippen LogP contribution in [0.15, 0.2) is 34.9 Å². The van der Waals surface area contributed by atoms with Crippen LogP contribution in [-0.2, 0) is 4.79 Å². The molecule has 0 spiro atoms. The van der Waals surface area contributed by atoms with Gasteiger partial charge in [0.25, 0.3) is 0 Å². The lowest BCUT2D eigenvalue weighted by molar-refractivity contribution is -0.116. The summed E-state index contributed by atoms with van der Waals surface area (Å²) < 4.78 is 0. The molecule has 104 valence electrons. The fourth-order valence-corrected chi connectivity index (χ4v) is 1.43. The Morgan fingerprint density at radius 2 is 1.68 bits per heavy atom. The summed E-state index contributed by atoms with van der Waals surface area (Å²) in [6.45, 7) is 9.95. The fourth-order valence-electron chi connectivity index (χ4n) is 1.43. The van der Waals surface area contributed by atoms with Gasteiger partial charge in [-0.2, -0.15) is 0 Å². The van der Waals surface area contributed by atoms with Crippen LogP contribution in [0.5, 0.6) is 0 Å². The lowest BCUT2D eigenvalue weighted by Crippen LogP contribution is -1.87. The molecule has 0 aromatic rings. The summed E-state index contributed by atoms with van der Waals surface area (Å²) in [6.07, 6.45) is 9.68. The molecule has 0 aliphatic carbocycles. The third-order valence-corrected chi connectivity index (χ3v) is 2.59. The minimum Gasteiger partial charge on any atom is -0.300 e. The minimum absolute atomic E-state index is 0.232. The van der Waals surface area contributed by atoms with Gasteiger partial charge >= 0.3 is 0 Å². The third kappa shape index (κ3) is 12.7. The average Bonchev–Trinajstić information content (AvgIpc) is 2.27. The molecule has 0 fully saturated rings. The van der Waals surface area contributed by atoms with E-state index in [2.05, 4.69) is 44.8 Å². The number of allylic oxidation sites excluding steroid dienone is 6. The Morgan fingerprint density at radius 1 is 1.00 bits per heavy atom. The van der Waals surface area contributed by atoms with E-state index in [0.717, 1.165) is 24.8 Å².